The number of anilines is 1. The molecule has 1 saturated carbocycles. The van der Waals surface area contributed by atoms with Crippen molar-refractivity contribution in [3.63, 3.8) is 0 Å². The van der Waals surface area contributed by atoms with Gasteiger partial charge in [0.2, 0.25) is 0 Å². The molecule has 3 rings (SSSR count). The molecule has 7 heteroatoms. The molecule has 1 aromatic rings. The average Bonchev–Trinajstić information content (AvgIpc) is 3.14. The van der Waals surface area contributed by atoms with Gasteiger partial charge >= 0.3 is 6.03 Å². The number of aliphatic hydroxyl groups is 1. The molecule has 1 aliphatic carbocycles. The fraction of sp³-hybridized carbons (Fsp3) is 0.588. The van der Waals surface area contributed by atoms with E-state index in [1.165, 1.54) is 12.1 Å². The van der Waals surface area contributed by atoms with Crippen molar-refractivity contribution >= 4 is 11.7 Å². The second-order valence-corrected chi connectivity index (χ2v) is 6.64. The third kappa shape index (κ3) is 3.95. The van der Waals surface area contributed by atoms with Gasteiger partial charge in [-0.2, -0.15) is 0 Å². The number of nitrogens with one attached hydrogen (secondary N) is 2. The monoisotopic (exact) mass is 339 g/mol. The van der Waals surface area contributed by atoms with Gasteiger partial charge in [-0.15, -0.1) is 0 Å². The van der Waals surface area contributed by atoms with Gasteiger partial charge in [0.1, 0.15) is 11.6 Å². The Morgan fingerprint density at radius 2 is 2.12 bits per heavy atom. The molecular formula is C17H23F2N3O2. The lowest BCUT2D eigenvalue weighted by molar-refractivity contribution is 0.132. The maximum absolute atomic E-state index is 13.8. The molecule has 2 fully saturated rings. The first-order valence-corrected chi connectivity index (χ1v) is 8.45. The molecule has 3 atom stereocenters. The number of rotatable bonds is 4. The molecule has 1 aromatic carbocycles. The van der Waals surface area contributed by atoms with Crippen LogP contribution >= 0.6 is 0 Å². The minimum Gasteiger partial charge on any atom is -0.393 e. The molecule has 0 aromatic heterocycles. The summed E-state index contributed by atoms with van der Waals surface area (Å²) >= 11 is 0. The summed E-state index contributed by atoms with van der Waals surface area (Å²) in [6, 6.07) is 3.19. The van der Waals surface area contributed by atoms with Crippen LogP contribution in [0.4, 0.5) is 19.3 Å². The van der Waals surface area contributed by atoms with Crippen LogP contribution in [-0.4, -0.2) is 42.9 Å². The standard InChI is InChI=1S/C17H23F2N3O2/c18-12-4-5-15(14(19)8-12)22-7-6-13(10-22)21-17(24)20-9-11-2-1-3-16(11)23/h4-5,8,11,13,16,23H,1-3,6-7,9-10H2,(H2,20,21,24)/t11-,13+,16+/m0/s1. The van der Waals surface area contributed by atoms with Crippen molar-refractivity contribution in [3.05, 3.63) is 29.8 Å². The first-order chi connectivity index (χ1) is 11.5. The number of urea groups is 1. The van der Waals surface area contributed by atoms with Gasteiger partial charge in [0.15, 0.2) is 0 Å². The van der Waals surface area contributed by atoms with Gasteiger partial charge in [-0.05, 0) is 31.4 Å². The largest absolute Gasteiger partial charge is 0.393 e. The van der Waals surface area contributed by atoms with Crippen LogP contribution in [-0.2, 0) is 0 Å². The Labute approximate surface area is 140 Å². The Morgan fingerprint density at radius 1 is 1.29 bits per heavy atom. The highest BCUT2D eigenvalue weighted by Gasteiger charge is 2.28. The summed E-state index contributed by atoms with van der Waals surface area (Å²) < 4.78 is 26.8. The van der Waals surface area contributed by atoms with E-state index in [0.717, 1.165) is 25.3 Å². The average molecular weight is 339 g/mol. The smallest absolute Gasteiger partial charge is 0.315 e. The van der Waals surface area contributed by atoms with Crippen LogP contribution in [0.25, 0.3) is 0 Å². The van der Waals surface area contributed by atoms with Crippen LogP contribution in [0.1, 0.15) is 25.7 Å². The van der Waals surface area contributed by atoms with Crippen LogP contribution in [0.15, 0.2) is 18.2 Å². The van der Waals surface area contributed by atoms with E-state index in [2.05, 4.69) is 10.6 Å². The number of benzene rings is 1. The number of halogens is 2. The zero-order valence-electron chi connectivity index (χ0n) is 13.5. The molecule has 0 radical (unpaired) electrons. The van der Waals surface area contributed by atoms with Crippen molar-refractivity contribution in [1.29, 1.82) is 0 Å². The summed E-state index contributed by atoms with van der Waals surface area (Å²) in [4.78, 5) is 13.8. The van der Waals surface area contributed by atoms with Gasteiger partial charge in [0.25, 0.3) is 0 Å². The van der Waals surface area contributed by atoms with Crippen molar-refractivity contribution in [2.24, 2.45) is 5.92 Å². The summed E-state index contributed by atoms with van der Waals surface area (Å²) in [5.74, 6) is -1.06. The molecule has 1 heterocycles. The second-order valence-electron chi connectivity index (χ2n) is 6.64. The molecule has 1 saturated heterocycles. The van der Waals surface area contributed by atoms with Gasteiger partial charge < -0.3 is 20.6 Å². The number of aliphatic hydroxyl groups excluding tert-OH is 1. The van der Waals surface area contributed by atoms with Crippen molar-refractivity contribution in [3.8, 4) is 0 Å². The topological polar surface area (TPSA) is 64.6 Å². The predicted molar refractivity (Wildman–Crippen MR) is 86.9 cm³/mol. The van der Waals surface area contributed by atoms with E-state index in [-0.39, 0.29) is 24.1 Å². The molecule has 3 N–H and O–H groups in total. The van der Waals surface area contributed by atoms with Crippen molar-refractivity contribution in [2.75, 3.05) is 24.5 Å². The number of hydrogen-bond donors (Lipinski definition) is 3. The molecular weight excluding hydrogens is 316 g/mol. The number of carbonyl (C=O) groups is 1. The van der Waals surface area contributed by atoms with E-state index in [1.807, 2.05) is 0 Å². The summed E-state index contributed by atoms with van der Waals surface area (Å²) in [6.07, 6.45) is 3.11. The van der Waals surface area contributed by atoms with Crippen LogP contribution in [0.2, 0.25) is 0 Å². The molecule has 0 spiro atoms. The fourth-order valence-corrected chi connectivity index (χ4v) is 3.55. The number of carbonyl (C=O) groups excluding carboxylic acids is 1. The van der Waals surface area contributed by atoms with Gasteiger partial charge in [0.05, 0.1) is 11.8 Å². The first kappa shape index (κ1) is 17.0. The lowest BCUT2D eigenvalue weighted by Crippen LogP contribution is -2.45. The number of hydrogen-bond acceptors (Lipinski definition) is 3. The van der Waals surface area contributed by atoms with E-state index in [1.54, 1.807) is 4.90 Å². The van der Waals surface area contributed by atoms with E-state index >= 15 is 0 Å². The van der Waals surface area contributed by atoms with Gasteiger partial charge in [-0.3, -0.25) is 0 Å². The fourth-order valence-electron chi connectivity index (χ4n) is 3.55. The zero-order chi connectivity index (χ0) is 17.1. The number of amides is 2. The summed E-state index contributed by atoms with van der Waals surface area (Å²) in [5.41, 5.74) is 0.357. The van der Waals surface area contributed by atoms with Crippen LogP contribution in [0, 0.1) is 17.6 Å². The van der Waals surface area contributed by atoms with Crippen LogP contribution < -0.4 is 15.5 Å². The van der Waals surface area contributed by atoms with Gasteiger partial charge in [-0.1, -0.05) is 6.42 Å². The van der Waals surface area contributed by atoms with Crippen LogP contribution in [0.3, 0.4) is 0 Å². The minimum atomic E-state index is -0.599. The molecule has 5 nitrogen and oxygen atoms in total. The maximum atomic E-state index is 13.8. The van der Waals surface area contributed by atoms with Crippen molar-refractivity contribution < 1.29 is 18.7 Å². The third-order valence-electron chi connectivity index (χ3n) is 4.92. The van der Waals surface area contributed by atoms with E-state index < -0.39 is 11.6 Å². The Bertz CT molecular complexity index is 599. The molecule has 24 heavy (non-hydrogen) atoms. The van der Waals surface area contributed by atoms with E-state index in [0.29, 0.717) is 31.7 Å². The second kappa shape index (κ2) is 7.34. The zero-order valence-corrected chi connectivity index (χ0v) is 13.5. The molecule has 0 unspecified atom stereocenters. The summed E-state index contributed by atoms with van der Waals surface area (Å²) in [6.45, 7) is 1.56. The Hall–Kier alpha value is -1.89. The molecule has 2 aliphatic rings. The highest BCUT2D eigenvalue weighted by Crippen LogP contribution is 2.25. The maximum Gasteiger partial charge on any atom is 0.315 e. The van der Waals surface area contributed by atoms with Gasteiger partial charge in [0, 0.05) is 37.7 Å². The minimum absolute atomic E-state index is 0.0806. The van der Waals surface area contributed by atoms with Crippen molar-refractivity contribution in [1.82, 2.24) is 10.6 Å². The Morgan fingerprint density at radius 3 is 2.83 bits per heavy atom. The lowest BCUT2D eigenvalue weighted by atomic mass is 10.1. The Balaban J connectivity index is 1.46. The third-order valence-corrected chi connectivity index (χ3v) is 4.92. The highest BCUT2D eigenvalue weighted by molar-refractivity contribution is 5.74. The highest BCUT2D eigenvalue weighted by atomic mass is 19.1. The predicted octanol–water partition coefficient (Wildman–Crippen LogP) is 2.00. The molecule has 2 amide bonds. The molecule has 0 bridgehead atoms. The lowest BCUT2D eigenvalue weighted by Gasteiger charge is -2.20. The molecule has 1 aliphatic heterocycles. The SMILES string of the molecule is O=C(NC[C@@H]1CCC[C@H]1O)N[C@@H]1CCN(c2ccc(F)cc2F)C1. The molecule has 132 valence electrons. The summed E-state index contributed by atoms with van der Waals surface area (Å²) in [7, 11) is 0. The van der Waals surface area contributed by atoms with Crippen molar-refractivity contribution in [2.45, 2.75) is 37.8 Å². The van der Waals surface area contributed by atoms with Gasteiger partial charge in [-0.25, -0.2) is 13.6 Å². The van der Waals surface area contributed by atoms with E-state index in [4.69, 9.17) is 0 Å². The normalized spacial score (nSPS) is 26.6. The first-order valence-electron chi connectivity index (χ1n) is 8.45. The summed E-state index contributed by atoms with van der Waals surface area (Å²) in [5, 5.41) is 15.4. The number of nitrogens with zero attached hydrogens (tertiary/aromatic N) is 1. The van der Waals surface area contributed by atoms with Crippen LogP contribution in [0.5, 0.6) is 0 Å². The Kier molecular flexibility index (Phi) is 5.18. The quantitative estimate of drug-likeness (QED) is 0.786. The van der Waals surface area contributed by atoms with E-state index in [9.17, 15) is 18.7 Å².